The number of aryl methyl sites for hydroxylation is 1. The molecule has 1 aromatic carbocycles. The number of hydrogen-bond donors (Lipinski definition) is 0. The van der Waals surface area contributed by atoms with Gasteiger partial charge in [0.05, 0.1) is 7.11 Å². The van der Waals surface area contributed by atoms with Gasteiger partial charge in [-0.25, -0.2) is 0 Å². The van der Waals surface area contributed by atoms with Gasteiger partial charge in [-0.3, -0.25) is 0 Å². The Morgan fingerprint density at radius 1 is 0.944 bits per heavy atom. The first kappa shape index (κ1) is 21.4. The summed E-state index contributed by atoms with van der Waals surface area (Å²) in [5, 5.41) is 0. The van der Waals surface area contributed by atoms with Gasteiger partial charge in [-0.05, 0) is 39.8 Å². The highest BCUT2D eigenvalue weighted by molar-refractivity contribution is 5.25. The van der Waals surface area contributed by atoms with Crippen molar-refractivity contribution in [2.75, 3.05) is 7.11 Å². The first-order chi connectivity index (χ1) is 8.65. The maximum Gasteiger partial charge on any atom is 0.118 e. The minimum atomic E-state index is 0.917. The molecular weight excluding hydrogens is 220 g/mol. The molecular formula is C17H26O. The normalized spacial score (nSPS) is 6.11. The second kappa shape index (κ2) is 20.5. The van der Waals surface area contributed by atoms with Gasteiger partial charge in [0.1, 0.15) is 5.75 Å². The number of ether oxygens (including phenoxy) is 1. The largest absolute Gasteiger partial charge is 0.497 e. The van der Waals surface area contributed by atoms with E-state index >= 15 is 0 Å². The summed E-state index contributed by atoms with van der Waals surface area (Å²) < 4.78 is 4.97. The van der Waals surface area contributed by atoms with Crippen LogP contribution in [0.25, 0.3) is 0 Å². The smallest absolute Gasteiger partial charge is 0.118 e. The summed E-state index contributed by atoms with van der Waals surface area (Å²) >= 11 is 0. The van der Waals surface area contributed by atoms with Crippen LogP contribution in [0, 0.1) is 31.1 Å². The average molecular weight is 246 g/mol. The van der Waals surface area contributed by atoms with Gasteiger partial charge >= 0.3 is 0 Å². The molecule has 0 unspecified atom stereocenters. The van der Waals surface area contributed by atoms with E-state index in [-0.39, 0.29) is 0 Å². The summed E-state index contributed by atoms with van der Waals surface area (Å²) in [6.07, 6.45) is 4.60. The van der Waals surface area contributed by atoms with Crippen LogP contribution in [0.5, 0.6) is 5.75 Å². The molecule has 0 radical (unpaired) electrons. The van der Waals surface area contributed by atoms with Crippen molar-refractivity contribution < 1.29 is 4.74 Å². The van der Waals surface area contributed by atoms with Gasteiger partial charge in [-0.2, -0.15) is 0 Å². The van der Waals surface area contributed by atoms with Crippen molar-refractivity contribution in [3.8, 4) is 29.9 Å². The van der Waals surface area contributed by atoms with Crippen LogP contribution < -0.4 is 4.74 Å². The van der Waals surface area contributed by atoms with E-state index < -0.39 is 0 Å². The van der Waals surface area contributed by atoms with Crippen molar-refractivity contribution >= 4 is 0 Å². The van der Waals surface area contributed by atoms with E-state index in [1.807, 2.05) is 52.0 Å². The Morgan fingerprint density at radius 3 is 1.50 bits per heavy atom. The number of hydrogen-bond acceptors (Lipinski definition) is 1. The Labute approximate surface area is 114 Å². The molecule has 100 valence electrons. The Kier molecular flexibility index (Phi) is 24.5. The quantitative estimate of drug-likeness (QED) is 0.653. The topological polar surface area (TPSA) is 9.23 Å². The predicted octanol–water partition coefficient (Wildman–Crippen LogP) is 4.70. The molecule has 0 fully saturated rings. The Bertz CT molecular complexity index is 338. The van der Waals surface area contributed by atoms with Crippen molar-refractivity contribution in [1.82, 2.24) is 0 Å². The molecule has 0 spiro atoms. The summed E-state index contributed by atoms with van der Waals surface area (Å²) in [6.45, 7) is 11.3. The molecule has 0 aliphatic rings. The Morgan fingerprint density at radius 2 is 1.28 bits per heavy atom. The minimum absolute atomic E-state index is 0.917. The van der Waals surface area contributed by atoms with Gasteiger partial charge in [-0.15, -0.1) is 24.2 Å². The zero-order valence-corrected chi connectivity index (χ0v) is 12.8. The van der Waals surface area contributed by atoms with Crippen LogP contribution in [0.4, 0.5) is 0 Å². The van der Waals surface area contributed by atoms with Gasteiger partial charge in [0.2, 0.25) is 0 Å². The van der Waals surface area contributed by atoms with Crippen LogP contribution in [0.3, 0.4) is 0 Å². The molecule has 1 aromatic rings. The van der Waals surface area contributed by atoms with E-state index in [9.17, 15) is 0 Å². The van der Waals surface area contributed by atoms with Crippen molar-refractivity contribution in [3.63, 3.8) is 0 Å². The lowest BCUT2D eigenvalue weighted by atomic mass is 10.2. The van der Waals surface area contributed by atoms with Crippen LogP contribution in [0.1, 0.15) is 40.2 Å². The van der Waals surface area contributed by atoms with Crippen LogP contribution in [0.2, 0.25) is 0 Å². The van der Waals surface area contributed by atoms with Gasteiger partial charge < -0.3 is 4.74 Å². The van der Waals surface area contributed by atoms with Crippen LogP contribution in [0.15, 0.2) is 24.3 Å². The lowest BCUT2D eigenvalue weighted by Gasteiger charge is -1.97. The van der Waals surface area contributed by atoms with E-state index in [0.29, 0.717) is 0 Å². The molecule has 1 heteroatoms. The first-order valence-corrected chi connectivity index (χ1v) is 5.97. The fraction of sp³-hybridized carbons (Fsp3) is 0.412. The molecule has 0 aliphatic carbocycles. The summed E-state index contributed by atoms with van der Waals surface area (Å²) in [5.74, 6) is 8.53. The second-order valence-corrected chi connectivity index (χ2v) is 2.81. The van der Waals surface area contributed by atoms with Crippen molar-refractivity contribution in [1.29, 1.82) is 0 Å². The minimum Gasteiger partial charge on any atom is -0.497 e. The SMILES string of the molecule is C#CC.CC.CC#CC.COc1ccc(C)cc1. The van der Waals surface area contributed by atoms with Crippen molar-refractivity contribution in [2.24, 2.45) is 0 Å². The Hall–Kier alpha value is -1.86. The van der Waals surface area contributed by atoms with E-state index in [4.69, 9.17) is 4.74 Å². The maximum absolute atomic E-state index is 4.97. The van der Waals surface area contributed by atoms with Crippen molar-refractivity contribution in [2.45, 2.75) is 41.5 Å². The average Bonchev–Trinajstić information content (AvgIpc) is 2.43. The van der Waals surface area contributed by atoms with E-state index in [2.05, 4.69) is 31.1 Å². The van der Waals surface area contributed by atoms with E-state index in [1.54, 1.807) is 14.0 Å². The monoisotopic (exact) mass is 246 g/mol. The summed E-state index contributed by atoms with van der Waals surface area (Å²) in [5.41, 5.74) is 1.26. The molecule has 0 N–H and O–H groups in total. The van der Waals surface area contributed by atoms with Gasteiger partial charge in [-0.1, -0.05) is 31.5 Å². The number of terminal acetylenes is 1. The molecule has 0 aliphatic heterocycles. The molecule has 0 amide bonds. The predicted molar refractivity (Wildman–Crippen MR) is 82.7 cm³/mol. The third-order valence-electron chi connectivity index (χ3n) is 1.51. The molecule has 1 nitrogen and oxygen atoms in total. The lowest BCUT2D eigenvalue weighted by molar-refractivity contribution is 0.414. The van der Waals surface area contributed by atoms with Crippen LogP contribution in [-0.2, 0) is 0 Å². The molecule has 0 heterocycles. The highest BCUT2D eigenvalue weighted by Crippen LogP contribution is 2.09. The zero-order valence-electron chi connectivity index (χ0n) is 12.8. The van der Waals surface area contributed by atoms with E-state index in [1.165, 1.54) is 5.56 Å². The summed E-state index contributed by atoms with van der Waals surface area (Å²) in [4.78, 5) is 0. The lowest BCUT2D eigenvalue weighted by Crippen LogP contribution is -1.80. The van der Waals surface area contributed by atoms with E-state index in [0.717, 1.165) is 5.75 Å². The molecule has 0 bridgehead atoms. The number of benzene rings is 1. The fourth-order valence-electron chi connectivity index (χ4n) is 0.674. The molecule has 0 saturated carbocycles. The van der Waals surface area contributed by atoms with Crippen LogP contribution in [-0.4, -0.2) is 7.11 Å². The third-order valence-corrected chi connectivity index (χ3v) is 1.51. The third kappa shape index (κ3) is 19.7. The number of rotatable bonds is 1. The molecule has 1 rings (SSSR count). The first-order valence-electron chi connectivity index (χ1n) is 5.97. The standard InChI is InChI=1S/C8H10O.C4H6.C3H4.C2H6/c1-7-3-5-8(9-2)6-4-7;1-3-4-2;1-3-2;1-2/h3-6H,1-2H3;1-2H3;1H,2H3;1-2H3. The highest BCUT2D eigenvalue weighted by Gasteiger charge is 1.85. The molecule has 0 saturated heterocycles. The molecule has 0 atom stereocenters. The maximum atomic E-state index is 4.97. The molecule has 18 heavy (non-hydrogen) atoms. The summed E-state index contributed by atoms with van der Waals surface area (Å²) in [7, 11) is 1.67. The second-order valence-electron chi connectivity index (χ2n) is 2.81. The Balaban J connectivity index is -0.000000212. The number of methoxy groups -OCH3 is 1. The fourth-order valence-corrected chi connectivity index (χ4v) is 0.674. The highest BCUT2D eigenvalue weighted by atomic mass is 16.5. The molecule has 0 aromatic heterocycles. The van der Waals surface area contributed by atoms with Gasteiger partial charge in [0.15, 0.2) is 0 Å². The van der Waals surface area contributed by atoms with Crippen LogP contribution >= 0.6 is 0 Å². The zero-order chi connectivity index (χ0) is 14.8. The summed E-state index contributed by atoms with van der Waals surface area (Å²) in [6, 6.07) is 7.96. The van der Waals surface area contributed by atoms with Crippen molar-refractivity contribution in [3.05, 3.63) is 29.8 Å². The van der Waals surface area contributed by atoms with Gasteiger partial charge in [0, 0.05) is 0 Å². The van der Waals surface area contributed by atoms with Gasteiger partial charge in [0.25, 0.3) is 0 Å².